The quantitative estimate of drug-likeness (QED) is 0.286. The molecule has 0 aromatic heterocycles. The number of hydrazine groups is 1. The van der Waals surface area contributed by atoms with Gasteiger partial charge in [-0.05, 0) is 24.3 Å². The zero-order valence-corrected chi connectivity index (χ0v) is 7.55. The number of hydrogen-bond donors (Lipinski definition) is 3. The van der Waals surface area contributed by atoms with E-state index in [1.54, 1.807) is 0 Å². The van der Waals surface area contributed by atoms with Crippen LogP contribution in [0.5, 0.6) is 0 Å². The van der Waals surface area contributed by atoms with Crippen LogP contribution in [0.3, 0.4) is 0 Å². The van der Waals surface area contributed by atoms with Crippen molar-refractivity contribution in [1.82, 2.24) is 5.43 Å². The van der Waals surface area contributed by atoms with Crippen LogP contribution in [0.4, 0.5) is 18.9 Å². The van der Waals surface area contributed by atoms with Crippen molar-refractivity contribution in [3.8, 4) is 0 Å². The summed E-state index contributed by atoms with van der Waals surface area (Å²) in [7, 11) is 0. The molecule has 0 unspecified atom stereocenters. The molecule has 0 aliphatic carbocycles. The number of halogens is 3. The fourth-order valence-corrected chi connectivity index (χ4v) is 0.896. The Morgan fingerprint density at radius 2 is 1.73 bits per heavy atom. The Balaban J connectivity index is 2.91. The molecular weight excluding hydrogens is 209 g/mol. The number of nitrogens with two attached hydrogens (primary N) is 2. The van der Waals surface area contributed by atoms with Crippen molar-refractivity contribution < 1.29 is 13.2 Å². The number of nitrogens with one attached hydrogen (secondary N) is 1. The highest BCUT2D eigenvalue weighted by molar-refractivity contribution is 5.80. The first-order valence-electron chi connectivity index (χ1n) is 3.91. The topological polar surface area (TPSA) is 76.4 Å². The van der Waals surface area contributed by atoms with E-state index >= 15 is 0 Å². The number of aliphatic imine (C=N–C) groups is 1. The molecule has 0 saturated carbocycles. The Morgan fingerprint density at radius 1 is 1.20 bits per heavy atom. The standard InChI is InChI=1S/C8H9F3N4/c9-8(10,11)5-1-3-6(4-2-5)14-7(12)15-13/h1-4H,13H2,(H3,12,14,15). The summed E-state index contributed by atoms with van der Waals surface area (Å²) in [5, 5.41) is 0. The molecular formula is C8H9F3N4. The first-order chi connectivity index (χ1) is 6.93. The number of alkyl halides is 3. The van der Waals surface area contributed by atoms with Gasteiger partial charge in [0.1, 0.15) is 0 Å². The zero-order valence-electron chi connectivity index (χ0n) is 7.55. The number of hydrogen-bond acceptors (Lipinski definition) is 2. The fourth-order valence-electron chi connectivity index (χ4n) is 0.896. The number of benzene rings is 1. The molecule has 5 N–H and O–H groups in total. The van der Waals surface area contributed by atoms with Crippen molar-refractivity contribution in [2.24, 2.45) is 16.6 Å². The molecule has 1 rings (SSSR count). The summed E-state index contributed by atoms with van der Waals surface area (Å²) in [4.78, 5) is 3.69. The van der Waals surface area contributed by atoms with Crippen molar-refractivity contribution in [1.29, 1.82) is 0 Å². The minimum atomic E-state index is -4.35. The van der Waals surface area contributed by atoms with E-state index in [2.05, 4.69) is 10.4 Å². The van der Waals surface area contributed by atoms with E-state index in [0.717, 1.165) is 12.1 Å². The molecule has 0 bridgehead atoms. The van der Waals surface area contributed by atoms with Crippen molar-refractivity contribution >= 4 is 11.6 Å². The van der Waals surface area contributed by atoms with Gasteiger partial charge >= 0.3 is 6.18 Å². The predicted octanol–water partition coefficient (Wildman–Crippen LogP) is 1.11. The molecule has 7 heteroatoms. The molecule has 82 valence electrons. The summed E-state index contributed by atoms with van der Waals surface area (Å²) < 4.78 is 36.5. The van der Waals surface area contributed by atoms with Crippen LogP contribution in [0, 0.1) is 0 Å². The molecule has 0 amide bonds. The van der Waals surface area contributed by atoms with Gasteiger partial charge in [-0.3, -0.25) is 5.43 Å². The van der Waals surface area contributed by atoms with Crippen LogP contribution in [0.25, 0.3) is 0 Å². The maximum Gasteiger partial charge on any atom is 0.416 e. The number of guanidine groups is 1. The molecule has 0 aliphatic heterocycles. The SMILES string of the molecule is NNC(N)=Nc1ccc(C(F)(F)F)cc1. The van der Waals surface area contributed by atoms with Crippen LogP contribution >= 0.6 is 0 Å². The van der Waals surface area contributed by atoms with Gasteiger partial charge in [0, 0.05) is 0 Å². The third-order valence-corrected chi connectivity index (χ3v) is 1.59. The Kier molecular flexibility index (Phi) is 3.15. The molecule has 15 heavy (non-hydrogen) atoms. The van der Waals surface area contributed by atoms with E-state index in [0.29, 0.717) is 5.69 Å². The summed E-state index contributed by atoms with van der Waals surface area (Å²) in [5.41, 5.74) is 6.84. The van der Waals surface area contributed by atoms with E-state index in [-0.39, 0.29) is 5.96 Å². The smallest absolute Gasteiger partial charge is 0.369 e. The molecule has 0 atom stereocenters. The molecule has 0 aliphatic rings. The normalized spacial score (nSPS) is 12.7. The summed E-state index contributed by atoms with van der Waals surface area (Å²) in [5.74, 6) is 4.86. The van der Waals surface area contributed by atoms with Gasteiger partial charge in [0.05, 0.1) is 11.3 Å². The summed E-state index contributed by atoms with van der Waals surface area (Å²) in [6, 6.07) is 4.24. The van der Waals surface area contributed by atoms with Crippen LogP contribution in [0.15, 0.2) is 29.3 Å². The summed E-state index contributed by atoms with van der Waals surface area (Å²) in [6.45, 7) is 0. The van der Waals surface area contributed by atoms with Crippen LogP contribution in [-0.4, -0.2) is 5.96 Å². The summed E-state index contributed by atoms with van der Waals surface area (Å²) in [6.07, 6.45) is -4.35. The van der Waals surface area contributed by atoms with Crippen molar-refractivity contribution in [2.75, 3.05) is 0 Å². The minimum absolute atomic E-state index is 0.0743. The molecule has 0 fully saturated rings. The van der Waals surface area contributed by atoms with Crippen LogP contribution in [-0.2, 0) is 6.18 Å². The van der Waals surface area contributed by atoms with E-state index in [4.69, 9.17) is 11.6 Å². The third kappa shape index (κ3) is 3.13. The largest absolute Gasteiger partial charge is 0.416 e. The second kappa shape index (κ2) is 4.18. The van der Waals surface area contributed by atoms with E-state index in [9.17, 15) is 13.2 Å². The lowest BCUT2D eigenvalue weighted by Crippen LogP contribution is -2.36. The Hall–Kier alpha value is -1.76. The van der Waals surface area contributed by atoms with E-state index < -0.39 is 11.7 Å². The van der Waals surface area contributed by atoms with E-state index in [1.165, 1.54) is 12.1 Å². The Morgan fingerprint density at radius 3 is 2.13 bits per heavy atom. The fraction of sp³-hybridized carbons (Fsp3) is 0.125. The highest BCUT2D eigenvalue weighted by atomic mass is 19.4. The lowest BCUT2D eigenvalue weighted by Gasteiger charge is -2.06. The van der Waals surface area contributed by atoms with Crippen molar-refractivity contribution in [2.45, 2.75) is 6.18 Å². The van der Waals surface area contributed by atoms with Gasteiger partial charge in [-0.25, -0.2) is 10.8 Å². The maximum atomic E-state index is 12.2. The number of nitrogens with zero attached hydrogens (tertiary/aromatic N) is 1. The van der Waals surface area contributed by atoms with Gasteiger partial charge in [-0.2, -0.15) is 13.2 Å². The van der Waals surface area contributed by atoms with Gasteiger partial charge < -0.3 is 5.73 Å². The van der Waals surface area contributed by atoms with Crippen molar-refractivity contribution in [3.05, 3.63) is 29.8 Å². The predicted molar refractivity (Wildman–Crippen MR) is 50.0 cm³/mol. The van der Waals surface area contributed by atoms with Gasteiger partial charge in [-0.15, -0.1) is 0 Å². The molecule has 1 aromatic rings. The zero-order chi connectivity index (χ0) is 11.5. The van der Waals surface area contributed by atoms with Crippen LogP contribution < -0.4 is 17.0 Å². The average molecular weight is 218 g/mol. The number of rotatable bonds is 1. The van der Waals surface area contributed by atoms with Gasteiger partial charge in [-0.1, -0.05) is 0 Å². The molecule has 0 radical (unpaired) electrons. The molecule has 0 heterocycles. The first-order valence-corrected chi connectivity index (χ1v) is 3.91. The second-order valence-corrected chi connectivity index (χ2v) is 2.69. The molecule has 1 aromatic carbocycles. The van der Waals surface area contributed by atoms with Crippen LogP contribution in [0.2, 0.25) is 0 Å². The van der Waals surface area contributed by atoms with Gasteiger partial charge in [0.15, 0.2) is 0 Å². The second-order valence-electron chi connectivity index (χ2n) is 2.69. The minimum Gasteiger partial charge on any atom is -0.369 e. The average Bonchev–Trinajstić information content (AvgIpc) is 2.17. The Bertz CT molecular complexity index is 355. The molecule has 4 nitrogen and oxygen atoms in total. The third-order valence-electron chi connectivity index (χ3n) is 1.59. The monoisotopic (exact) mass is 218 g/mol. The lowest BCUT2D eigenvalue weighted by molar-refractivity contribution is -0.137. The van der Waals surface area contributed by atoms with Crippen LogP contribution in [0.1, 0.15) is 5.56 Å². The lowest BCUT2D eigenvalue weighted by atomic mass is 10.2. The summed E-state index contributed by atoms with van der Waals surface area (Å²) >= 11 is 0. The van der Waals surface area contributed by atoms with Gasteiger partial charge in [0.25, 0.3) is 0 Å². The highest BCUT2D eigenvalue weighted by Crippen LogP contribution is 2.30. The van der Waals surface area contributed by atoms with Crippen molar-refractivity contribution in [3.63, 3.8) is 0 Å². The highest BCUT2D eigenvalue weighted by Gasteiger charge is 2.29. The maximum absolute atomic E-state index is 12.2. The Labute approximate surface area is 83.8 Å². The first kappa shape index (κ1) is 11.3. The van der Waals surface area contributed by atoms with Gasteiger partial charge in [0.2, 0.25) is 5.96 Å². The molecule has 0 saturated heterocycles. The van der Waals surface area contributed by atoms with E-state index in [1.807, 2.05) is 0 Å². The molecule has 0 spiro atoms.